The fraction of sp³-hybridized carbons (Fsp3) is 0.385. The molecule has 0 saturated carbocycles. The highest BCUT2D eigenvalue weighted by molar-refractivity contribution is 7.80. The van der Waals surface area contributed by atoms with E-state index in [2.05, 4.69) is 10.6 Å². The molecule has 0 aromatic heterocycles. The lowest BCUT2D eigenvalue weighted by Gasteiger charge is -2.16. The molecule has 3 nitrogen and oxygen atoms in total. The van der Waals surface area contributed by atoms with Crippen molar-refractivity contribution >= 4 is 28.9 Å². The lowest BCUT2D eigenvalue weighted by Crippen LogP contribution is -2.36. The van der Waals surface area contributed by atoms with E-state index in [-0.39, 0.29) is 6.07 Å². The summed E-state index contributed by atoms with van der Waals surface area (Å²) in [4.78, 5) is 11.4. The van der Waals surface area contributed by atoms with Gasteiger partial charge in [0.15, 0.2) is 5.11 Å². The fourth-order valence-electron chi connectivity index (χ4n) is 1.45. The second kappa shape index (κ2) is 6.73. The number of alkyl halides is 6. The number of hydrogen-bond acceptors (Lipinski definition) is 2. The van der Waals surface area contributed by atoms with Gasteiger partial charge in [0.05, 0.1) is 11.1 Å². The van der Waals surface area contributed by atoms with Crippen LogP contribution in [0.5, 0.6) is 0 Å². The molecule has 0 aliphatic carbocycles. The molecule has 0 aliphatic rings. The Morgan fingerprint density at radius 1 is 1.00 bits per heavy atom. The van der Waals surface area contributed by atoms with Crippen LogP contribution in [-0.2, 0) is 17.1 Å². The molecular formula is C13H12F6N2OS. The molecule has 23 heavy (non-hydrogen) atoms. The van der Waals surface area contributed by atoms with Gasteiger partial charge in [0.2, 0.25) is 5.91 Å². The Morgan fingerprint density at radius 3 is 1.78 bits per heavy atom. The van der Waals surface area contributed by atoms with Gasteiger partial charge in [-0.25, -0.2) is 0 Å². The van der Waals surface area contributed by atoms with Gasteiger partial charge < -0.3 is 10.6 Å². The minimum absolute atomic E-state index is 0.000919. The van der Waals surface area contributed by atoms with Crippen molar-refractivity contribution in [1.82, 2.24) is 5.32 Å². The maximum absolute atomic E-state index is 12.7. The first kappa shape index (κ1) is 19.2. The lowest BCUT2D eigenvalue weighted by molar-refractivity contribution is -0.143. The summed E-state index contributed by atoms with van der Waals surface area (Å²) in [5.41, 5.74) is -3.48. The molecule has 128 valence electrons. The number of nitrogens with one attached hydrogen (secondary N) is 2. The van der Waals surface area contributed by atoms with E-state index >= 15 is 0 Å². The minimum atomic E-state index is -4.96. The second-order valence-corrected chi connectivity index (χ2v) is 5.30. The molecule has 1 rings (SSSR count). The van der Waals surface area contributed by atoms with Crippen LogP contribution in [-0.4, -0.2) is 11.0 Å². The third-order valence-electron chi connectivity index (χ3n) is 2.61. The number of hydrogen-bond donors (Lipinski definition) is 2. The number of benzene rings is 1. The van der Waals surface area contributed by atoms with E-state index in [1.54, 1.807) is 13.8 Å². The van der Waals surface area contributed by atoms with Gasteiger partial charge in [0.1, 0.15) is 0 Å². The Hall–Kier alpha value is -1.84. The third-order valence-corrected chi connectivity index (χ3v) is 2.81. The van der Waals surface area contributed by atoms with E-state index in [4.69, 9.17) is 12.2 Å². The number of halogens is 6. The Labute approximate surface area is 133 Å². The average molecular weight is 358 g/mol. The number of thiocarbonyl (C=S) groups is 1. The van der Waals surface area contributed by atoms with E-state index in [9.17, 15) is 31.1 Å². The Kier molecular flexibility index (Phi) is 5.62. The molecule has 0 spiro atoms. The minimum Gasteiger partial charge on any atom is -0.332 e. The molecule has 0 aliphatic heterocycles. The number of carbonyl (C=O) groups is 1. The number of amides is 1. The first-order valence-electron chi connectivity index (χ1n) is 6.22. The zero-order valence-corrected chi connectivity index (χ0v) is 12.7. The largest absolute Gasteiger partial charge is 0.416 e. The maximum Gasteiger partial charge on any atom is 0.416 e. The van der Waals surface area contributed by atoms with Crippen molar-refractivity contribution < 1.29 is 31.1 Å². The van der Waals surface area contributed by atoms with Crippen LogP contribution < -0.4 is 10.6 Å². The average Bonchev–Trinajstić information content (AvgIpc) is 2.35. The molecule has 0 unspecified atom stereocenters. The zero-order valence-electron chi connectivity index (χ0n) is 11.9. The van der Waals surface area contributed by atoms with Crippen molar-refractivity contribution in [3.63, 3.8) is 0 Å². The molecule has 1 amide bonds. The summed E-state index contributed by atoms with van der Waals surface area (Å²) < 4.78 is 76.2. The predicted molar refractivity (Wildman–Crippen MR) is 75.6 cm³/mol. The molecule has 0 bridgehead atoms. The van der Waals surface area contributed by atoms with Crippen LogP contribution in [0.2, 0.25) is 0 Å². The summed E-state index contributed by atoms with van der Waals surface area (Å²) in [6.07, 6.45) is -9.92. The molecule has 0 saturated heterocycles. The van der Waals surface area contributed by atoms with E-state index < -0.39 is 46.1 Å². The van der Waals surface area contributed by atoms with E-state index in [1.807, 2.05) is 0 Å². The van der Waals surface area contributed by atoms with Crippen molar-refractivity contribution in [3.8, 4) is 0 Å². The summed E-state index contributed by atoms with van der Waals surface area (Å²) in [6, 6.07) is 0.951. The van der Waals surface area contributed by atoms with Crippen molar-refractivity contribution in [2.75, 3.05) is 5.32 Å². The van der Waals surface area contributed by atoms with E-state index in [0.717, 1.165) is 0 Å². The predicted octanol–water partition coefficient (Wildman–Crippen LogP) is 4.19. The standard InChI is InChI=1S/C13H12F6N2OS/c1-6(2)10(22)21-11(23)20-9-4-7(12(14,15)16)3-8(5-9)13(17,18)19/h3-6H,1-2H3,(H2,20,21,22,23). The van der Waals surface area contributed by atoms with Crippen molar-refractivity contribution in [3.05, 3.63) is 29.3 Å². The van der Waals surface area contributed by atoms with Gasteiger partial charge in [-0.15, -0.1) is 0 Å². The van der Waals surface area contributed by atoms with Gasteiger partial charge in [0.25, 0.3) is 0 Å². The Balaban J connectivity index is 3.11. The quantitative estimate of drug-likeness (QED) is 0.615. The summed E-state index contributed by atoms with van der Waals surface area (Å²) in [5, 5.41) is 3.92. The number of rotatable bonds is 2. The monoisotopic (exact) mass is 358 g/mol. The number of anilines is 1. The van der Waals surface area contributed by atoms with Crippen LogP contribution >= 0.6 is 12.2 Å². The molecule has 1 aromatic rings. The maximum atomic E-state index is 12.7. The number of carbonyl (C=O) groups excluding carboxylic acids is 1. The fourth-order valence-corrected chi connectivity index (χ4v) is 1.66. The molecule has 0 atom stereocenters. The van der Waals surface area contributed by atoms with E-state index in [0.29, 0.717) is 12.1 Å². The summed E-state index contributed by atoms with van der Waals surface area (Å²) in [6.45, 7) is 3.09. The molecule has 1 aromatic carbocycles. The third kappa shape index (κ3) is 5.70. The van der Waals surface area contributed by atoms with Crippen LogP contribution in [0.1, 0.15) is 25.0 Å². The first-order valence-corrected chi connectivity index (χ1v) is 6.63. The molecular weight excluding hydrogens is 346 g/mol. The molecule has 0 heterocycles. The highest BCUT2D eigenvalue weighted by atomic mass is 32.1. The summed E-state index contributed by atoms with van der Waals surface area (Å²) in [5.74, 6) is -0.979. The normalized spacial score (nSPS) is 12.2. The van der Waals surface area contributed by atoms with Gasteiger partial charge in [-0.05, 0) is 30.4 Å². The van der Waals surface area contributed by atoms with Crippen LogP contribution in [0, 0.1) is 5.92 Å². The molecule has 0 radical (unpaired) electrons. The summed E-state index contributed by atoms with van der Waals surface area (Å²) in [7, 11) is 0. The smallest absolute Gasteiger partial charge is 0.332 e. The van der Waals surface area contributed by atoms with Crippen LogP contribution in [0.25, 0.3) is 0 Å². The Bertz CT molecular complexity index is 577. The van der Waals surface area contributed by atoms with E-state index in [1.165, 1.54) is 0 Å². The first-order chi connectivity index (χ1) is 10.3. The van der Waals surface area contributed by atoms with Gasteiger partial charge in [-0.2, -0.15) is 26.3 Å². The second-order valence-electron chi connectivity index (χ2n) is 4.89. The van der Waals surface area contributed by atoms with Gasteiger partial charge in [0, 0.05) is 11.6 Å². The highest BCUT2D eigenvalue weighted by Gasteiger charge is 2.37. The van der Waals surface area contributed by atoms with Crippen molar-refractivity contribution in [2.24, 2.45) is 5.92 Å². The summed E-state index contributed by atoms with van der Waals surface area (Å²) >= 11 is 4.70. The van der Waals surface area contributed by atoms with Gasteiger partial charge in [-0.3, -0.25) is 4.79 Å². The molecule has 2 N–H and O–H groups in total. The van der Waals surface area contributed by atoms with Crippen LogP contribution in [0.3, 0.4) is 0 Å². The SMILES string of the molecule is CC(C)C(=O)NC(=S)Nc1cc(C(F)(F)F)cc(C(F)(F)F)c1. The van der Waals surface area contributed by atoms with Crippen molar-refractivity contribution in [2.45, 2.75) is 26.2 Å². The van der Waals surface area contributed by atoms with Crippen LogP contribution in [0.4, 0.5) is 32.0 Å². The lowest BCUT2D eigenvalue weighted by atomic mass is 10.1. The topological polar surface area (TPSA) is 41.1 Å². The molecule has 10 heteroatoms. The van der Waals surface area contributed by atoms with Gasteiger partial charge in [-0.1, -0.05) is 13.8 Å². The highest BCUT2D eigenvalue weighted by Crippen LogP contribution is 2.37. The van der Waals surface area contributed by atoms with Crippen LogP contribution in [0.15, 0.2) is 18.2 Å². The Morgan fingerprint density at radius 2 is 1.43 bits per heavy atom. The zero-order chi connectivity index (χ0) is 18.0. The van der Waals surface area contributed by atoms with Crippen molar-refractivity contribution in [1.29, 1.82) is 0 Å². The van der Waals surface area contributed by atoms with Gasteiger partial charge >= 0.3 is 12.4 Å². The molecule has 0 fully saturated rings.